The van der Waals surface area contributed by atoms with Crippen molar-refractivity contribution in [2.24, 2.45) is 0 Å². The lowest BCUT2D eigenvalue weighted by atomic mass is 10.2. The van der Waals surface area contributed by atoms with Gasteiger partial charge in [-0.2, -0.15) is 0 Å². The maximum absolute atomic E-state index is 12.0. The molecule has 3 rings (SSSR count). The SMILES string of the molecule is COc1cccc(CNC(=O)CCCc2ncc(-c3ccccc3)o2)c1. The van der Waals surface area contributed by atoms with Crippen LogP contribution in [0, 0.1) is 0 Å². The van der Waals surface area contributed by atoms with Gasteiger partial charge < -0.3 is 14.5 Å². The molecule has 0 bridgehead atoms. The molecule has 0 aliphatic rings. The van der Waals surface area contributed by atoms with E-state index in [-0.39, 0.29) is 5.91 Å². The van der Waals surface area contributed by atoms with Gasteiger partial charge in [0.25, 0.3) is 0 Å². The number of hydrogen-bond acceptors (Lipinski definition) is 4. The van der Waals surface area contributed by atoms with Crippen molar-refractivity contribution in [3.05, 3.63) is 72.2 Å². The van der Waals surface area contributed by atoms with E-state index in [0.29, 0.717) is 31.7 Å². The molecule has 2 aromatic carbocycles. The van der Waals surface area contributed by atoms with Gasteiger partial charge >= 0.3 is 0 Å². The first kappa shape index (κ1) is 17.7. The minimum atomic E-state index is 0.0164. The average Bonchev–Trinajstić information content (AvgIpc) is 3.16. The molecule has 134 valence electrons. The van der Waals surface area contributed by atoms with E-state index in [1.54, 1.807) is 13.3 Å². The van der Waals surface area contributed by atoms with Crippen LogP contribution in [0.3, 0.4) is 0 Å². The summed E-state index contributed by atoms with van der Waals surface area (Å²) in [5.41, 5.74) is 2.01. The first-order chi connectivity index (χ1) is 12.7. The smallest absolute Gasteiger partial charge is 0.220 e. The molecular formula is C21H22N2O3. The number of rotatable bonds is 8. The zero-order valence-electron chi connectivity index (χ0n) is 14.8. The fourth-order valence-electron chi connectivity index (χ4n) is 2.63. The number of benzene rings is 2. The number of nitrogens with zero attached hydrogens (tertiary/aromatic N) is 1. The Kier molecular flexibility index (Phi) is 6.04. The van der Waals surface area contributed by atoms with Gasteiger partial charge in [0.1, 0.15) is 5.75 Å². The van der Waals surface area contributed by atoms with Gasteiger partial charge in [-0.3, -0.25) is 4.79 Å². The Morgan fingerprint density at radius 2 is 2.00 bits per heavy atom. The van der Waals surface area contributed by atoms with Crippen molar-refractivity contribution < 1.29 is 13.9 Å². The normalized spacial score (nSPS) is 10.5. The molecule has 0 saturated carbocycles. The van der Waals surface area contributed by atoms with Gasteiger partial charge in [-0.1, -0.05) is 42.5 Å². The summed E-state index contributed by atoms with van der Waals surface area (Å²) < 4.78 is 10.9. The number of carbonyl (C=O) groups is 1. The van der Waals surface area contributed by atoms with Crippen LogP contribution >= 0.6 is 0 Å². The first-order valence-corrected chi connectivity index (χ1v) is 8.64. The van der Waals surface area contributed by atoms with Gasteiger partial charge in [-0.05, 0) is 24.1 Å². The summed E-state index contributed by atoms with van der Waals surface area (Å²) in [6.07, 6.45) is 3.50. The lowest BCUT2D eigenvalue weighted by Crippen LogP contribution is -2.22. The lowest BCUT2D eigenvalue weighted by Gasteiger charge is -2.06. The Balaban J connectivity index is 1.42. The second kappa shape index (κ2) is 8.85. The summed E-state index contributed by atoms with van der Waals surface area (Å²) in [6.45, 7) is 0.493. The topological polar surface area (TPSA) is 64.4 Å². The molecule has 3 aromatic rings. The van der Waals surface area contributed by atoms with Crippen molar-refractivity contribution in [1.82, 2.24) is 10.3 Å². The van der Waals surface area contributed by atoms with Crippen LogP contribution in [0.5, 0.6) is 5.75 Å². The van der Waals surface area contributed by atoms with Crippen molar-refractivity contribution in [2.45, 2.75) is 25.8 Å². The van der Waals surface area contributed by atoms with Gasteiger partial charge in [0.2, 0.25) is 5.91 Å². The summed E-state index contributed by atoms with van der Waals surface area (Å²) in [5, 5.41) is 2.92. The van der Waals surface area contributed by atoms with Crippen LogP contribution in [0.1, 0.15) is 24.3 Å². The van der Waals surface area contributed by atoms with E-state index in [2.05, 4.69) is 10.3 Å². The molecule has 0 spiro atoms. The van der Waals surface area contributed by atoms with Gasteiger partial charge in [-0.15, -0.1) is 0 Å². The number of amides is 1. The molecule has 26 heavy (non-hydrogen) atoms. The molecule has 1 aromatic heterocycles. The largest absolute Gasteiger partial charge is 0.497 e. The molecule has 0 fully saturated rings. The van der Waals surface area contributed by atoms with Gasteiger partial charge in [0.05, 0.1) is 13.3 Å². The van der Waals surface area contributed by atoms with Crippen LogP contribution in [0.25, 0.3) is 11.3 Å². The number of oxazole rings is 1. The molecular weight excluding hydrogens is 328 g/mol. The van der Waals surface area contributed by atoms with Crippen LogP contribution in [-0.2, 0) is 17.8 Å². The van der Waals surface area contributed by atoms with E-state index in [4.69, 9.17) is 9.15 Å². The number of aromatic nitrogens is 1. The van der Waals surface area contributed by atoms with Crippen molar-refractivity contribution in [1.29, 1.82) is 0 Å². The number of nitrogens with one attached hydrogen (secondary N) is 1. The zero-order chi connectivity index (χ0) is 18.2. The zero-order valence-corrected chi connectivity index (χ0v) is 14.8. The highest BCUT2D eigenvalue weighted by molar-refractivity contribution is 5.75. The minimum Gasteiger partial charge on any atom is -0.497 e. The van der Waals surface area contributed by atoms with Crippen molar-refractivity contribution >= 4 is 5.91 Å². The van der Waals surface area contributed by atoms with Crippen molar-refractivity contribution in [3.8, 4) is 17.1 Å². The maximum Gasteiger partial charge on any atom is 0.220 e. The van der Waals surface area contributed by atoms with Crippen LogP contribution in [-0.4, -0.2) is 18.0 Å². The number of ether oxygens (including phenoxy) is 1. The molecule has 0 unspecified atom stereocenters. The first-order valence-electron chi connectivity index (χ1n) is 8.64. The standard InChI is InChI=1S/C21H22N2O3/c1-25-18-10-5-7-16(13-18)14-22-20(24)11-6-12-21-23-15-19(26-21)17-8-3-2-4-9-17/h2-5,7-10,13,15H,6,11-12,14H2,1H3,(H,22,24). The molecule has 0 radical (unpaired) electrons. The number of methoxy groups -OCH3 is 1. The van der Waals surface area contributed by atoms with Gasteiger partial charge in [0.15, 0.2) is 11.7 Å². The molecule has 1 amide bonds. The molecule has 5 nitrogen and oxygen atoms in total. The molecule has 0 atom stereocenters. The predicted molar refractivity (Wildman–Crippen MR) is 99.7 cm³/mol. The molecule has 1 N–H and O–H groups in total. The highest BCUT2D eigenvalue weighted by Crippen LogP contribution is 2.20. The predicted octanol–water partition coefficient (Wildman–Crippen LogP) is 3.99. The average molecular weight is 350 g/mol. The quantitative estimate of drug-likeness (QED) is 0.667. The third kappa shape index (κ3) is 4.96. The fourth-order valence-corrected chi connectivity index (χ4v) is 2.63. The molecule has 0 saturated heterocycles. The Bertz CT molecular complexity index is 843. The Labute approximate surface area is 153 Å². The highest BCUT2D eigenvalue weighted by Gasteiger charge is 2.08. The third-order valence-electron chi connectivity index (χ3n) is 4.03. The summed E-state index contributed by atoms with van der Waals surface area (Å²) in [5.74, 6) is 2.21. The lowest BCUT2D eigenvalue weighted by molar-refractivity contribution is -0.121. The third-order valence-corrected chi connectivity index (χ3v) is 4.03. The van der Waals surface area contributed by atoms with Crippen LogP contribution in [0.15, 0.2) is 65.2 Å². The molecule has 5 heteroatoms. The van der Waals surface area contributed by atoms with E-state index < -0.39 is 0 Å². The Morgan fingerprint density at radius 1 is 1.15 bits per heavy atom. The summed E-state index contributed by atoms with van der Waals surface area (Å²) in [4.78, 5) is 16.3. The van der Waals surface area contributed by atoms with E-state index >= 15 is 0 Å². The summed E-state index contributed by atoms with van der Waals surface area (Å²) in [7, 11) is 1.63. The van der Waals surface area contributed by atoms with E-state index in [9.17, 15) is 4.79 Å². The second-order valence-electron chi connectivity index (χ2n) is 5.97. The Morgan fingerprint density at radius 3 is 2.81 bits per heavy atom. The minimum absolute atomic E-state index is 0.0164. The number of carbonyl (C=O) groups excluding carboxylic acids is 1. The van der Waals surface area contributed by atoms with Crippen LogP contribution in [0.4, 0.5) is 0 Å². The number of hydrogen-bond donors (Lipinski definition) is 1. The number of aryl methyl sites for hydroxylation is 1. The summed E-state index contributed by atoms with van der Waals surface area (Å²) >= 11 is 0. The van der Waals surface area contributed by atoms with Crippen molar-refractivity contribution in [2.75, 3.05) is 7.11 Å². The maximum atomic E-state index is 12.0. The van der Waals surface area contributed by atoms with E-state index in [1.807, 2.05) is 54.6 Å². The monoisotopic (exact) mass is 350 g/mol. The van der Waals surface area contributed by atoms with Crippen LogP contribution < -0.4 is 10.1 Å². The highest BCUT2D eigenvalue weighted by atomic mass is 16.5. The molecule has 1 heterocycles. The Hall–Kier alpha value is -3.08. The van der Waals surface area contributed by atoms with Crippen LogP contribution in [0.2, 0.25) is 0 Å². The van der Waals surface area contributed by atoms with E-state index in [1.165, 1.54) is 0 Å². The summed E-state index contributed by atoms with van der Waals surface area (Å²) in [6, 6.07) is 17.5. The van der Waals surface area contributed by atoms with Crippen molar-refractivity contribution in [3.63, 3.8) is 0 Å². The van der Waals surface area contributed by atoms with E-state index in [0.717, 1.165) is 22.6 Å². The molecule has 0 aliphatic heterocycles. The van der Waals surface area contributed by atoms with Gasteiger partial charge in [-0.25, -0.2) is 4.98 Å². The fraction of sp³-hybridized carbons (Fsp3) is 0.238. The van der Waals surface area contributed by atoms with Gasteiger partial charge in [0, 0.05) is 24.9 Å². The second-order valence-corrected chi connectivity index (χ2v) is 5.97. The molecule has 0 aliphatic carbocycles.